The number of benzene rings is 2. The summed E-state index contributed by atoms with van der Waals surface area (Å²) in [5, 5.41) is 0. The Balaban J connectivity index is 2.35. The lowest BCUT2D eigenvalue weighted by Gasteiger charge is -2.06. The molecule has 0 aliphatic heterocycles. The first-order chi connectivity index (χ1) is 8.74. The minimum atomic E-state index is -0.392. The third-order valence-corrected chi connectivity index (χ3v) is 3.13. The lowest BCUT2D eigenvalue weighted by molar-refractivity contribution is 0.0954. The monoisotopic (exact) mass is 238 g/mol. The van der Waals surface area contributed by atoms with Gasteiger partial charge in [-0.25, -0.2) is 5.84 Å². The molecule has 3 N–H and O–H groups in total. The van der Waals surface area contributed by atoms with Gasteiger partial charge in [-0.05, 0) is 11.6 Å². The number of hydrogen-bond donors (Lipinski definition) is 2. The summed E-state index contributed by atoms with van der Waals surface area (Å²) in [5.74, 6) is 4.73. The Morgan fingerprint density at radius 3 is 2.33 bits per heavy atom. The van der Waals surface area contributed by atoms with E-state index in [1.807, 2.05) is 18.2 Å². The minimum Gasteiger partial charge on any atom is -0.290 e. The number of rotatable bonds is 1. The quantitative estimate of drug-likeness (QED) is 0.383. The number of carbonyl (C=O) groups is 2. The molecule has 0 atom stereocenters. The molecule has 0 saturated carbocycles. The summed E-state index contributed by atoms with van der Waals surface area (Å²) in [4.78, 5) is 23.9. The van der Waals surface area contributed by atoms with E-state index in [0.29, 0.717) is 22.3 Å². The highest BCUT2D eigenvalue weighted by Crippen LogP contribution is 2.38. The first-order valence-electron chi connectivity index (χ1n) is 5.52. The standard InChI is InChI=1S/C14H10N2O2/c15-16-14(18)11-7-3-6-10-12(11)8-4-1-2-5-9(8)13(10)17/h1-7H,15H2,(H,16,18). The summed E-state index contributed by atoms with van der Waals surface area (Å²) >= 11 is 0. The third-order valence-electron chi connectivity index (χ3n) is 3.13. The van der Waals surface area contributed by atoms with Crippen LogP contribution in [-0.4, -0.2) is 11.7 Å². The van der Waals surface area contributed by atoms with Gasteiger partial charge in [0.15, 0.2) is 5.78 Å². The van der Waals surface area contributed by atoms with E-state index >= 15 is 0 Å². The van der Waals surface area contributed by atoms with Gasteiger partial charge in [0.05, 0.1) is 0 Å². The summed E-state index contributed by atoms with van der Waals surface area (Å²) in [6.45, 7) is 0. The number of fused-ring (bicyclic) bond motifs is 3. The summed E-state index contributed by atoms with van der Waals surface area (Å²) < 4.78 is 0. The third kappa shape index (κ3) is 1.30. The van der Waals surface area contributed by atoms with Crippen molar-refractivity contribution in [2.24, 2.45) is 5.84 Å². The lowest BCUT2D eigenvalue weighted by Crippen LogP contribution is -2.30. The fraction of sp³-hybridized carbons (Fsp3) is 0. The number of nitrogen functional groups attached to an aromatic ring is 1. The summed E-state index contributed by atoms with van der Waals surface area (Å²) in [7, 11) is 0. The summed E-state index contributed by atoms with van der Waals surface area (Å²) in [6, 6.07) is 12.3. The number of hydrazine groups is 1. The average molecular weight is 238 g/mol. The number of amides is 1. The summed E-state index contributed by atoms with van der Waals surface area (Å²) in [5.41, 5.74) is 5.17. The molecule has 1 amide bonds. The van der Waals surface area contributed by atoms with Crippen molar-refractivity contribution in [3.63, 3.8) is 0 Å². The van der Waals surface area contributed by atoms with Crippen LogP contribution < -0.4 is 11.3 Å². The molecule has 0 aromatic heterocycles. The van der Waals surface area contributed by atoms with Crippen molar-refractivity contribution < 1.29 is 9.59 Å². The average Bonchev–Trinajstić information content (AvgIpc) is 2.72. The molecule has 0 radical (unpaired) electrons. The normalized spacial score (nSPS) is 11.9. The predicted molar refractivity (Wildman–Crippen MR) is 67.0 cm³/mol. The maximum Gasteiger partial charge on any atom is 0.265 e. The Morgan fingerprint density at radius 1 is 0.944 bits per heavy atom. The molecule has 1 aliphatic carbocycles. The molecule has 0 heterocycles. The zero-order valence-electron chi connectivity index (χ0n) is 9.44. The summed E-state index contributed by atoms with van der Waals surface area (Å²) in [6.07, 6.45) is 0. The highest BCUT2D eigenvalue weighted by atomic mass is 16.2. The van der Waals surface area contributed by atoms with E-state index in [9.17, 15) is 9.59 Å². The number of ketones is 1. The SMILES string of the molecule is NNC(=O)c1cccc2c1-c1ccccc1C2=O. The van der Waals surface area contributed by atoms with Gasteiger partial charge in [0.1, 0.15) is 0 Å². The van der Waals surface area contributed by atoms with Crippen molar-refractivity contribution in [3.05, 3.63) is 59.2 Å². The van der Waals surface area contributed by atoms with Crippen LogP contribution in [0.3, 0.4) is 0 Å². The van der Waals surface area contributed by atoms with Gasteiger partial charge in [-0.2, -0.15) is 0 Å². The molecule has 2 aromatic rings. The molecule has 4 heteroatoms. The van der Waals surface area contributed by atoms with Crippen molar-refractivity contribution in [1.82, 2.24) is 5.43 Å². The van der Waals surface area contributed by atoms with E-state index in [1.54, 1.807) is 24.3 Å². The van der Waals surface area contributed by atoms with Gasteiger partial charge in [-0.3, -0.25) is 15.0 Å². The maximum absolute atomic E-state index is 12.2. The van der Waals surface area contributed by atoms with Gasteiger partial charge >= 0.3 is 0 Å². The molecular formula is C14H10N2O2. The van der Waals surface area contributed by atoms with Crippen LogP contribution in [0.1, 0.15) is 26.3 Å². The molecule has 88 valence electrons. The first-order valence-corrected chi connectivity index (χ1v) is 5.52. The maximum atomic E-state index is 12.2. The van der Waals surface area contributed by atoms with Crippen LogP contribution >= 0.6 is 0 Å². The Hall–Kier alpha value is -2.46. The van der Waals surface area contributed by atoms with Crippen molar-refractivity contribution in [2.45, 2.75) is 0 Å². The van der Waals surface area contributed by atoms with E-state index in [-0.39, 0.29) is 5.78 Å². The molecule has 0 saturated heterocycles. The minimum absolute atomic E-state index is 0.0488. The van der Waals surface area contributed by atoms with Crippen molar-refractivity contribution in [1.29, 1.82) is 0 Å². The van der Waals surface area contributed by atoms with Crippen LogP contribution in [-0.2, 0) is 0 Å². The van der Waals surface area contributed by atoms with Crippen molar-refractivity contribution in [3.8, 4) is 11.1 Å². The Kier molecular flexibility index (Phi) is 2.25. The fourth-order valence-corrected chi connectivity index (χ4v) is 2.34. The van der Waals surface area contributed by atoms with Crippen LogP contribution in [0, 0.1) is 0 Å². The second-order valence-electron chi connectivity index (χ2n) is 4.08. The van der Waals surface area contributed by atoms with Crippen LogP contribution in [0.4, 0.5) is 0 Å². The largest absolute Gasteiger partial charge is 0.290 e. The molecule has 0 bridgehead atoms. The van der Waals surface area contributed by atoms with Gasteiger partial charge in [-0.15, -0.1) is 0 Å². The second-order valence-corrected chi connectivity index (χ2v) is 4.08. The number of nitrogens with one attached hydrogen (secondary N) is 1. The highest BCUT2D eigenvalue weighted by Gasteiger charge is 2.29. The molecule has 0 unspecified atom stereocenters. The van der Waals surface area contributed by atoms with Gasteiger partial charge in [0, 0.05) is 22.3 Å². The topological polar surface area (TPSA) is 72.2 Å². The molecule has 4 nitrogen and oxygen atoms in total. The van der Waals surface area contributed by atoms with Crippen LogP contribution in [0.15, 0.2) is 42.5 Å². The Labute approximate surface area is 103 Å². The van der Waals surface area contributed by atoms with Crippen LogP contribution in [0.25, 0.3) is 11.1 Å². The van der Waals surface area contributed by atoms with Crippen LogP contribution in [0.5, 0.6) is 0 Å². The molecule has 3 rings (SSSR count). The van der Waals surface area contributed by atoms with Gasteiger partial charge in [0.2, 0.25) is 0 Å². The molecule has 2 aromatic carbocycles. The van der Waals surface area contributed by atoms with Crippen molar-refractivity contribution in [2.75, 3.05) is 0 Å². The lowest BCUT2D eigenvalue weighted by atomic mass is 9.99. The molecule has 1 aliphatic rings. The van der Waals surface area contributed by atoms with E-state index in [2.05, 4.69) is 5.43 Å². The zero-order chi connectivity index (χ0) is 12.7. The molecule has 18 heavy (non-hydrogen) atoms. The number of hydrogen-bond acceptors (Lipinski definition) is 3. The van der Waals surface area contributed by atoms with Crippen molar-refractivity contribution >= 4 is 11.7 Å². The van der Waals surface area contributed by atoms with E-state index in [4.69, 9.17) is 5.84 Å². The number of carbonyl (C=O) groups excluding carboxylic acids is 2. The predicted octanol–water partition coefficient (Wildman–Crippen LogP) is 1.50. The molecule has 0 spiro atoms. The van der Waals surface area contributed by atoms with E-state index < -0.39 is 5.91 Å². The fourth-order valence-electron chi connectivity index (χ4n) is 2.34. The molecule has 0 fully saturated rings. The van der Waals surface area contributed by atoms with Crippen LogP contribution in [0.2, 0.25) is 0 Å². The number of nitrogens with two attached hydrogens (primary N) is 1. The van der Waals surface area contributed by atoms with Gasteiger partial charge in [0.25, 0.3) is 5.91 Å². The van der Waals surface area contributed by atoms with E-state index in [1.165, 1.54) is 0 Å². The van der Waals surface area contributed by atoms with E-state index in [0.717, 1.165) is 5.56 Å². The van der Waals surface area contributed by atoms with Gasteiger partial charge < -0.3 is 0 Å². The smallest absolute Gasteiger partial charge is 0.265 e. The second kappa shape index (κ2) is 3.78. The highest BCUT2D eigenvalue weighted by molar-refractivity contribution is 6.24. The Bertz CT molecular complexity index is 677. The van der Waals surface area contributed by atoms with Gasteiger partial charge in [-0.1, -0.05) is 36.4 Å². The first kappa shape index (κ1) is 10.7. The molecular weight excluding hydrogens is 228 g/mol. The zero-order valence-corrected chi connectivity index (χ0v) is 9.44. The Morgan fingerprint density at radius 2 is 1.61 bits per heavy atom.